The van der Waals surface area contributed by atoms with Crippen molar-refractivity contribution in [2.45, 2.75) is 12.8 Å². The van der Waals surface area contributed by atoms with Gasteiger partial charge in [-0.05, 0) is 25.3 Å². The molecule has 0 spiro atoms. The lowest BCUT2D eigenvalue weighted by molar-refractivity contribution is 0.0342. The minimum Gasteiger partial charge on any atom is -0.379 e. The molecule has 1 atom stereocenters. The van der Waals surface area contributed by atoms with E-state index in [4.69, 9.17) is 16.3 Å². The van der Waals surface area contributed by atoms with Crippen LogP contribution in [0, 0.1) is 5.92 Å². The molecule has 0 radical (unpaired) electrons. The van der Waals surface area contributed by atoms with Gasteiger partial charge in [0.15, 0.2) is 0 Å². The molecule has 1 unspecified atom stereocenters. The van der Waals surface area contributed by atoms with Gasteiger partial charge >= 0.3 is 0 Å². The van der Waals surface area contributed by atoms with Crippen molar-refractivity contribution in [1.29, 1.82) is 0 Å². The highest BCUT2D eigenvalue weighted by atomic mass is 35.5. The number of alkyl halides is 1. The summed E-state index contributed by atoms with van der Waals surface area (Å²) in [6.07, 6.45) is 2.53. The predicted octanol–water partition coefficient (Wildman–Crippen LogP) is 1.27. The first kappa shape index (κ1) is 12.6. The molecule has 2 saturated heterocycles. The monoisotopic (exact) mass is 246 g/mol. The number of halogens is 1. The van der Waals surface area contributed by atoms with Crippen LogP contribution >= 0.6 is 11.6 Å². The smallest absolute Gasteiger partial charge is 0.0594 e. The van der Waals surface area contributed by atoms with Gasteiger partial charge in [-0.3, -0.25) is 4.90 Å². The standard InChI is InChI=1S/C12H23ClN2O/c13-3-1-12-2-4-15(11-12)6-5-14-7-9-16-10-8-14/h12H,1-11H2. The quantitative estimate of drug-likeness (QED) is 0.680. The highest BCUT2D eigenvalue weighted by Gasteiger charge is 2.22. The van der Waals surface area contributed by atoms with Crippen LogP contribution in [0.25, 0.3) is 0 Å². The molecule has 0 aromatic carbocycles. The molecule has 16 heavy (non-hydrogen) atoms. The van der Waals surface area contributed by atoms with E-state index in [0.717, 1.165) is 38.1 Å². The normalized spacial score (nSPS) is 28.7. The maximum atomic E-state index is 5.79. The van der Waals surface area contributed by atoms with E-state index in [1.54, 1.807) is 0 Å². The van der Waals surface area contributed by atoms with Crippen molar-refractivity contribution < 1.29 is 4.74 Å². The van der Waals surface area contributed by atoms with E-state index in [2.05, 4.69) is 9.80 Å². The second-order valence-electron chi connectivity index (χ2n) is 4.89. The lowest BCUT2D eigenvalue weighted by Gasteiger charge is -2.28. The summed E-state index contributed by atoms with van der Waals surface area (Å²) in [5.41, 5.74) is 0. The molecule has 0 saturated carbocycles. The van der Waals surface area contributed by atoms with Crippen molar-refractivity contribution in [3.05, 3.63) is 0 Å². The van der Waals surface area contributed by atoms with Crippen molar-refractivity contribution in [2.75, 3.05) is 58.4 Å². The lowest BCUT2D eigenvalue weighted by Crippen LogP contribution is -2.41. The van der Waals surface area contributed by atoms with Gasteiger partial charge in [-0.1, -0.05) is 0 Å². The van der Waals surface area contributed by atoms with Crippen molar-refractivity contribution in [2.24, 2.45) is 5.92 Å². The van der Waals surface area contributed by atoms with Gasteiger partial charge < -0.3 is 9.64 Å². The van der Waals surface area contributed by atoms with Gasteiger partial charge in [-0.2, -0.15) is 0 Å². The molecule has 94 valence electrons. The summed E-state index contributed by atoms with van der Waals surface area (Å²) in [4.78, 5) is 5.10. The summed E-state index contributed by atoms with van der Waals surface area (Å²) in [5, 5.41) is 0. The molecule has 2 aliphatic heterocycles. The minimum absolute atomic E-state index is 0.821. The molecule has 0 N–H and O–H groups in total. The Morgan fingerprint density at radius 1 is 1.06 bits per heavy atom. The van der Waals surface area contributed by atoms with Gasteiger partial charge in [-0.25, -0.2) is 0 Å². The molecule has 0 bridgehead atoms. The van der Waals surface area contributed by atoms with Gasteiger partial charge in [0.05, 0.1) is 13.2 Å². The van der Waals surface area contributed by atoms with Crippen molar-refractivity contribution in [3.8, 4) is 0 Å². The highest BCUT2D eigenvalue weighted by molar-refractivity contribution is 6.17. The largest absolute Gasteiger partial charge is 0.379 e. The Labute approximate surface area is 104 Å². The van der Waals surface area contributed by atoms with E-state index in [0.29, 0.717) is 0 Å². The summed E-state index contributed by atoms with van der Waals surface area (Å²) >= 11 is 5.79. The molecule has 4 heteroatoms. The molecule has 0 amide bonds. The number of ether oxygens (including phenoxy) is 1. The van der Waals surface area contributed by atoms with Gasteiger partial charge in [0.1, 0.15) is 0 Å². The summed E-state index contributed by atoms with van der Waals surface area (Å²) in [6.45, 7) is 9.00. The maximum Gasteiger partial charge on any atom is 0.0594 e. The predicted molar refractivity (Wildman–Crippen MR) is 67.1 cm³/mol. The zero-order valence-electron chi connectivity index (χ0n) is 10.0. The van der Waals surface area contributed by atoms with Crippen LogP contribution in [-0.4, -0.2) is 68.2 Å². The Morgan fingerprint density at radius 2 is 1.81 bits per heavy atom. The maximum absolute atomic E-state index is 5.79. The third kappa shape index (κ3) is 3.88. The van der Waals surface area contributed by atoms with E-state index in [-0.39, 0.29) is 0 Å². The number of morpholine rings is 1. The van der Waals surface area contributed by atoms with Crippen LogP contribution in [0.4, 0.5) is 0 Å². The SMILES string of the molecule is ClCCC1CCN(CCN2CCOCC2)C1. The molecule has 2 aliphatic rings. The Kier molecular flexibility index (Phi) is 5.36. The van der Waals surface area contributed by atoms with E-state index >= 15 is 0 Å². The Hall–Kier alpha value is 0.170. The molecule has 3 nitrogen and oxygen atoms in total. The number of hydrogen-bond donors (Lipinski definition) is 0. The molecule has 2 rings (SSSR count). The third-order valence-electron chi connectivity index (χ3n) is 3.72. The molecule has 0 aromatic rings. The molecule has 0 aromatic heterocycles. The average molecular weight is 247 g/mol. The summed E-state index contributed by atoms with van der Waals surface area (Å²) in [7, 11) is 0. The molecule has 2 fully saturated rings. The van der Waals surface area contributed by atoms with Gasteiger partial charge in [0.2, 0.25) is 0 Å². The van der Waals surface area contributed by atoms with Crippen LogP contribution in [-0.2, 0) is 4.74 Å². The van der Waals surface area contributed by atoms with E-state index < -0.39 is 0 Å². The number of rotatable bonds is 5. The van der Waals surface area contributed by atoms with E-state index in [1.807, 2.05) is 0 Å². The zero-order chi connectivity index (χ0) is 11.2. The molecular weight excluding hydrogens is 224 g/mol. The first-order chi connectivity index (χ1) is 7.88. The van der Waals surface area contributed by atoms with Gasteiger partial charge in [-0.15, -0.1) is 11.6 Å². The van der Waals surface area contributed by atoms with Crippen molar-refractivity contribution in [3.63, 3.8) is 0 Å². The average Bonchev–Trinajstić information content (AvgIpc) is 2.76. The van der Waals surface area contributed by atoms with Gasteiger partial charge in [0.25, 0.3) is 0 Å². The topological polar surface area (TPSA) is 15.7 Å². The Balaban J connectivity index is 1.59. The number of hydrogen-bond acceptors (Lipinski definition) is 3. The van der Waals surface area contributed by atoms with Crippen LogP contribution < -0.4 is 0 Å². The molecular formula is C12H23ClN2O. The number of likely N-dealkylation sites (tertiary alicyclic amines) is 1. The summed E-state index contributed by atoms with van der Waals surface area (Å²) < 4.78 is 5.35. The fourth-order valence-corrected chi connectivity index (χ4v) is 2.92. The van der Waals surface area contributed by atoms with Crippen LogP contribution in [0.15, 0.2) is 0 Å². The van der Waals surface area contributed by atoms with Crippen LogP contribution in [0.3, 0.4) is 0 Å². The lowest BCUT2D eigenvalue weighted by atomic mass is 10.1. The number of nitrogens with zero attached hydrogens (tertiary/aromatic N) is 2. The van der Waals surface area contributed by atoms with E-state index in [1.165, 1.54) is 39.0 Å². The van der Waals surface area contributed by atoms with Gasteiger partial charge in [0, 0.05) is 38.6 Å². The van der Waals surface area contributed by atoms with Crippen molar-refractivity contribution in [1.82, 2.24) is 9.80 Å². The fraction of sp³-hybridized carbons (Fsp3) is 1.00. The first-order valence-corrected chi connectivity index (χ1v) is 7.00. The third-order valence-corrected chi connectivity index (χ3v) is 3.94. The van der Waals surface area contributed by atoms with Crippen LogP contribution in [0.2, 0.25) is 0 Å². The summed E-state index contributed by atoms with van der Waals surface area (Å²) in [5.74, 6) is 1.67. The second kappa shape index (κ2) is 6.80. The van der Waals surface area contributed by atoms with Crippen LogP contribution in [0.5, 0.6) is 0 Å². The van der Waals surface area contributed by atoms with E-state index in [9.17, 15) is 0 Å². The Bertz CT molecular complexity index is 197. The highest BCUT2D eigenvalue weighted by Crippen LogP contribution is 2.19. The zero-order valence-corrected chi connectivity index (χ0v) is 10.8. The summed E-state index contributed by atoms with van der Waals surface area (Å²) in [6, 6.07) is 0. The molecule has 2 heterocycles. The molecule has 0 aliphatic carbocycles. The van der Waals surface area contributed by atoms with Crippen LogP contribution in [0.1, 0.15) is 12.8 Å². The second-order valence-corrected chi connectivity index (χ2v) is 5.26. The minimum atomic E-state index is 0.821. The van der Waals surface area contributed by atoms with Crippen molar-refractivity contribution >= 4 is 11.6 Å². The fourth-order valence-electron chi connectivity index (χ4n) is 2.61. The Morgan fingerprint density at radius 3 is 2.56 bits per heavy atom. The first-order valence-electron chi connectivity index (χ1n) is 6.47.